The molecule has 136 valence electrons. The lowest BCUT2D eigenvalue weighted by Crippen LogP contribution is -2.39. The fourth-order valence-corrected chi connectivity index (χ4v) is 3.46. The second-order valence-electron chi connectivity index (χ2n) is 5.12. The Labute approximate surface area is 164 Å². The molecule has 8 nitrogen and oxygen atoms in total. The molecule has 0 saturated carbocycles. The first-order chi connectivity index (χ1) is 12.5. The van der Waals surface area contributed by atoms with Crippen LogP contribution >= 0.6 is 31.9 Å². The highest BCUT2D eigenvalue weighted by atomic mass is 79.9. The molecule has 1 aliphatic rings. The zero-order valence-corrected chi connectivity index (χ0v) is 16.7. The number of allylic oxidation sites excluding steroid dienone is 1. The molecule has 1 aromatic heterocycles. The zero-order valence-electron chi connectivity index (χ0n) is 13.5. The zero-order chi connectivity index (χ0) is 18.7. The molecule has 11 heteroatoms. The Morgan fingerprint density at radius 3 is 2.88 bits per heavy atom. The molecular weight excluding hydrogens is 475 g/mol. The minimum Gasteiger partial charge on any atom is -0.463 e. The summed E-state index contributed by atoms with van der Waals surface area (Å²) in [5.74, 6) is -0.629. The number of carbonyl (C=O) groups excluding carboxylic acids is 1. The summed E-state index contributed by atoms with van der Waals surface area (Å²) in [6.45, 7) is 1.94. The van der Waals surface area contributed by atoms with Crippen LogP contribution in [0, 0.1) is 5.82 Å². The van der Waals surface area contributed by atoms with E-state index in [9.17, 15) is 9.18 Å². The molecule has 26 heavy (non-hydrogen) atoms. The number of aliphatic imine (C=N–C) groups is 1. The highest BCUT2D eigenvalue weighted by Gasteiger charge is 2.33. The lowest BCUT2D eigenvalue weighted by atomic mass is 9.96. The van der Waals surface area contributed by atoms with Crippen molar-refractivity contribution in [1.29, 1.82) is 0 Å². The summed E-state index contributed by atoms with van der Waals surface area (Å²) < 4.78 is 19.2. The number of alkyl halides is 1. The van der Waals surface area contributed by atoms with Gasteiger partial charge in [0.25, 0.3) is 0 Å². The number of halogens is 3. The smallest absolute Gasteiger partial charge is 0.338 e. The maximum atomic E-state index is 13.5. The third-order valence-electron chi connectivity index (χ3n) is 3.54. The fraction of sp³-hybridized carbons (Fsp3) is 0.267. The Morgan fingerprint density at radius 1 is 1.46 bits per heavy atom. The monoisotopic (exact) mass is 486 g/mol. The van der Waals surface area contributed by atoms with Crippen LogP contribution in [0.3, 0.4) is 0 Å². The van der Waals surface area contributed by atoms with Crippen LogP contribution in [0.1, 0.15) is 18.5 Å². The van der Waals surface area contributed by atoms with Crippen molar-refractivity contribution in [2.75, 3.05) is 11.9 Å². The summed E-state index contributed by atoms with van der Waals surface area (Å²) >= 11 is 6.71. The van der Waals surface area contributed by atoms with E-state index in [0.29, 0.717) is 26.6 Å². The molecule has 2 aromatic rings. The van der Waals surface area contributed by atoms with Crippen LogP contribution in [0.25, 0.3) is 0 Å². The van der Waals surface area contributed by atoms with E-state index in [1.165, 1.54) is 23.3 Å². The molecule has 0 aliphatic carbocycles. The first-order valence-electron chi connectivity index (χ1n) is 7.54. The number of carbonyl (C=O) groups is 1. The first kappa shape index (κ1) is 18.6. The van der Waals surface area contributed by atoms with Gasteiger partial charge in [0.2, 0.25) is 5.96 Å². The summed E-state index contributed by atoms with van der Waals surface area (Å²) in [4.78, 5) is 18.3. The topological polar surface area (TPSA) is 94.3 Å². The summed E-state index contributed by atoms with van der Waals surface area (Å²) in [6, 6.07) is 3.45. The van der Waals surface area contributed by atoms with E-state index in [4.69, 9.17) is 4.74 Å². The molecule has 0 radical (unpaired) electrons. The lowest BCUT2D eigenvalue weighted by molar-refractivity contribution is -0.138. The van der Waals surface area contributed by atoms with Gasteiger partial charge in [0.15, 0.2) is 6.33 Å². The number of benzene rings is 1. The van der Waals surface area contributed by atoms with Gasteiger partial charge in [-0.05, 0) is 29.8 Å². The number of esters is 1. The number of nitrogens with zero attached hydrogens (tertiary/aromatic N) is 5. The van der Waals surface area contributed by atoms with Crippen molar-refractivity contribution in [3.63, 3.8) is 0 Å². The van der Waals surface area contributed by atoms with E-state index in [0.717, 1.165) is 0 Å². The van der Waals surface area contributed by atoms with Gasteiger partial charge >= 0.3 is 5.97 Å². The number of ether oxygens (including phenoxy) is 1. The normalized spacial score (nSPS) is 16.9. The maximum absolute atomic E-state index is 13.5. The van der Waals surface area contributed by atoms with Crippen LogP contribution in [-0.2, 0) is 9.53 Å². The standard InChI is InChI=1S/C15H13Br2FN6O2/c1-2-26-14(25)12-11(6-16)21-15(24-20-7-19-23-24)22-13(12)9-4-3-8(18)5-10(9)17/h3-5,7,13H,2,6H2,1H3,(H,21,22). The third kappa shape index (κ3) is 3.68. The van der Waals surface area contributed by atoms with Gasteiger partial charge in [-0.25, -0.2) is 14.2 Å². The van der Waals surface area contributed by atoms with E-state index in [1.54, 1.807) is 13.0 Å². The van der Waals surface area contributed by atoms with Crippen LogP contribution in [0.2, 0.25) is 0 Å². The summed E-state index contributed by atoms with van der Waals surface area (Å²) in [6.07, 6.45) is 1.27. The van der Waals surface area contributed by atoms with Crippen LogP contribution in [0.4, 0.5) is 4.39 Å². The summed E-state index contributed by atoms with van der Waals surface area (Å²) in [5, 5.41) is 14.8. The Bertz CT molecular complexity index is 884. The highest BCUT2D eigenvalue weighted by Crippen LogP contribution is 2.36. The summed E-state index contributed by atoms with van der Waals surface area (Å²) in [5.41, 5.74) is 1.47. The molecule has 1 N–H and O–H groups in total. The minimum atomic E-state index is -0.737. The Balaban J connectivity index is 2.15. The van der Waals surface area contributed by atoms with Gasteiger partial charge < -0.3 is 10.1 Å². The van der Waals surface area contributed by atoms with Crippen molar-refractivity contribution in [3.05, 3.63) is 51.6 Å². The molecule has 0 fully saturated rings. The minimum absolute atomic E-state index is 0.219. The van der Waals surface area contributed by atoms with Gasteiger partial charge in [0, 0.05) is 15.5 Å². The molecule has 0 bridgehead atoms. The van der Waals surface area contributed by atoms with Crippen molar-refractivity contribution in [1.82, 2.24) is 25.5 Å². The number of rotatable bonds is 4. The van der Waals surface area contributed by atoms with Gasteiger partial charge in [-0.15, -0.1) is 10.2 Å². The number of aromatic nitrogens is 4. The molecule has 3 rings (SSSR count). The molecule has 1 aromatic carbocycles. The van der Waals surface area contributed by atoms with Gasteiger partial charge in [0.05, 0.1) is 12.2 Å². The summed E-state index contributed by atoms with van der Waals surface area (Å²) in [7, 11) is 0. The lowest BCUT2D eigenvalue weighted by Gasteiger charge is -2.26. The Hall–Kier alpha value is -2.14. The van der Waals surface area contributed by atoms with Crippen molar-refractivity contribution in [2.24, 2.45) is 4.99 Å². The molecule has 0 saturated heterocycles. The van der Waals surface area contributed by atoms with E-state index in [-0.39, 0.29) is 12.6 Å². The second kappa shape index (κ2) is 8.04. The molecule has 1 atom stereocenters. The van der Waals surface area contributed by atoms with Crippen molar-refractivity contribution in [2.45, 2.75) is 13.0 Å². The van der Waals surface area contributed by atoms with Gasteiger partial charge in [-0.3, -0.25) is 0 Å². The molecule has 1 aliphatic heterocycles. The van der Waals surface area contributed by atoms with E-state index < -0.39 is 17.8 Å². The van der Waals surface area contributed by atoms with Crippen LogP contribution < -0.4 is 5.32 Å². The molecule has 1 unspecified atom stereocenters. The van der Waals surface area contributed by atoms with Crippen molar-refractivity contribution in [3.8, 4) is 0 Å². The average molecular weight is 488 g/mol. The largest absolute Gasteiger partial charge is 0.463 e. The SMILES string of the molecule is CCOC(=O)C1=C(CBr)NC(n2ncnn2)=NC1c1ccc(F)cc1Br. The van der Waals surface area contributed by atoms with Crippen molar-refractivity contribution >= 4 is 43.8 Å². The number of tetrazole rings is 1. The third-order valence-corrected chi connectivity index (χ3v) is 4.78. The molecule has 0 spiro atoms. The van der Waals surface area contributed by atoms with Gasteiger partial charge in [-0.1, -0.05) is 42.7 Å². The van der Waals surface area contributed by atoms with Gasteiger partial charge in [0.1, 0.15) is 11.9 Å². The second-order valence-corrected chi connectivity index (χ2v) is 6.53. The molecule has 0 amide bonds. The predicted molar refractivity (Wildman–Crippen MR) is 98.1 cm³/mol. The average Bonchev–Trinajstić information content (AvgIpc) is 3.15. The number of hydrogen-bond donors (Lipinski definition) is 1. The number of nitrogens with one attached hydrogen (secondary N) is 1. The highest BCUT2D eigenvalue weighted by molar-refractivity contribution is 9.10. The van der Waals surface area contributed by atoms with E-state index >= 15 is 0 Å². The fourth-order valence-electron chi connectivity index (χ4n) is 2.45. The van der Waals surface area contributed by atoms with Gasteiger partial charge in [-0.2, -0.15) is 0 Å². The molecule has 2 heterocycles. The van der Waals surface area contributed by atoms with Crippen LogP contribution in [0.5, 0.6) is 0 Å². The van der Waals surface area contributed by atoms with E-state index in [2.05, 4.69) is 57.6 Å². The van der Waals surface area contributed by atoms with Crippen LogP contribution in [0.15, 0.2) is 45.3 Å². The van der Waals surface area contributed by atoms with Crippen LogP contribution in [-0.4, -0.2) is 44.1 Å². The van der Waals surface area contributed by atoms with Crippen molar-refractivity contribution < 1.29 is 13.9 Å². The Morgan fingerprint density at radius 2 is 2.27 bits per heavy atom. The quantitative estimate of drug-likeness (QED) is 0.525. The Kier molecular flexibility index (Phi) is 5.77. The maximum Gasteiger partial charge on any atom is 0.338 e. The van der Waals surface area contributed by atoms with E-state index in [1.807, 2.05) is 0 Å². The number of hydrogen-bond acceptors (Lipinski definition) is 7. The first-order valence-corrected chi connectivity index (χ1v) is 9.45. The predicted octanol–water partition coefficient (Wildman–Crippen LogP) is 2.34. The molecular formula is C15H13Br2FN6O2.